The molecule has 0 spiro atoms. The fraction of sp³-hybridized carbons (Fsp3) is 0.611. The SMILES string of the molecule is O=C(NC1CCCCC1)N1CCc2cc3c(cc2C1)OCCO3. The highest BCUT2D eigenvalue weighted by Crippen LogP contribution is 2.35. The minimum absolute atomic E-state index is 0.0810. The Labute approximate surface area is 136 Å². The first-order valence-corrected chi connectivity index (χ1v) is 8.76. The number of urea groups is 1. The van der Waals surface area contributed by atoms with E-state index in [1.807, 2.05) is 11.0 Å². The Kier molecular flexibility index (Phi) is 4.02. The summed E-state index contributed by atoms with van der Waals surface area (Å²) in [6, 6.07) is 4.57. The summed E-state index contributed by atoms with van der Waals surface area (Å²) in [5, 5.41) is 3.21. The van der Waals surface area contributed by atoms with Crippen molar-refractivity contribution in [1.82, 2.24) is 10.2 Å². The topological polar surface area (TPSA) is 50.8 Å². The third kappa shape index (κ3) is 3.09. The van der Waals surface area contributed by atoms with Gasteiger partial charge in [0.05, 0.1) is 0 Å². The number of amides is 2. The van der Waals surface area contributed by atoms with Crippen LogP contribution in [-0.2, 0) is 13.0 Å². The highest BCUT2D eigenvalue weighted by molar-refractivity contribution is 5.75. The molecule has 3 aliphatic rings. The summed E-state index contributed by atoms with van der Waals surface area (Å²) in [5.74, 6) is 1.65. The number of carbonyl (C=O) groups excluding carboxylic acids is 1. The summed E-state index contributed by atoms with van der Waals surface area (Å²) >= 11 is 0. The molecule has 2 heterocycles. The largest absolute Gasteiger partial charge is 0.486 e. The zero-order valence-electron chi connectivity index (χ0n) is 13.5. The van der Waals surface area contributed by atoms with Gasteiger partial charge in [-0.25, -0.2) is 4.79 Å². The lowest BCUT2D eigenvalue weighted by atomic mass is 9.95. The van der Waals surface area contributed by atoms with Crippen LogP contribution in [-0.4, -0.2) is 36.7 Å². The lowest BCUT2D eigenvalue weighted by molar-refractivity contribution is 0.169. The Morgan fingerprint density at radius 3 is 2.48 bits per heavy atom. The van der Waals surface area contributed by atoms with Gasteiger partial charge in [0.15, 0.2) is 11.5 Å². The molecule has 0 saturated heterocycles. The second-order valence-corrected chi connectivity index (χ2v) is 6.72. The molecule has 5 nitrogen and oxygen atoms in total. The molecule has 0 aromatic heterocycles. The van der Waals surface area contributed by atoms with Crippen molar-refractivity contribution in [1.29, 1.82) is 0 Å². The van der Waals surface area contributed by atoms with Gasteiger partial charge in [0.25, 0.3) is 0 Å². The summed E-state index contributed by atoms with van der Waals surface area (Å²) in [5.41, 5.74) is 2.45. The molecule has 1 fully saturated rings. The lowest BCUT2D eigenvalue weighted by Crippen LogP contribution is -2.47. The molecule has 0 unspecified atom stereocenters. The number of rotatable bonds is 1. The van der Waals surface area contributed by atoms with E-state index in [1.165, 1.54) is 30.4 Å². The summed E-state index contributed by atoms with van der Waals surface area (Å²) in [6.07, 6.45) is 6.89. The van der Waals surface area contributed by atoms with E-state index in [0.29, 0.717) is 25.8 Å². The van der Waals surface area contributed by atoms with Crippen LogP contribution >= 0.6 is 0 Å². The Bertz CT molecular complexity index is 596. The molecule has 4 rings (SSSR count). The molecular weight excluding hydrogens is 292 g/mol. The van der Waals surface area contributed by atoms with Crippen molar-refractivity contribution in [2.24, 2.45) is 0 Å². The maximum Gasteiger partial charge on any atom is 0.317 e. The van der Waals surface area contributed by atoms with E-state index in [0.717, 1.165) is 37.3 Å². The molecule has 1 saturated carbocycles. The van der Waals surface area contributed by atoms with E-state index in [4.69, 9.17) is 9.47 Å². The van der Waals surface area contributed by atoms with Crippen LogP contribution in [0, 0.1) is 0 Å². The Balaban J connectivity index is 1.44. The van der Waals surface area contributed by atoms with Gasteiger partial charge in [0, 0.05) is 19.1 Å². The number of hydrogen-bond acceptors (Lipinski definition) is 3. The monoisotopic (exact) mass is 316 g/mol. The fourth-order valence-electron chi connectivity index (χ4n) is 3.78. The van der Waals surface area contributed by atoms with Gasteiger partial charge in [-0.05, 0) is 42.5 Å². The van der Waals surface area contributed by atoms with Gasteiger partial charge in [0.2, 0.25) is 0 Å². The van der Waals surface area contributed by atoms with Gasteiger partial charge < -0.3 is 19.7 Å². The van der Waals surface area contributed by atoms with Crippen molar-refractivity contribution < 1.29 is 14.3 Å². The number of nitrogens with zero attached hydrogens (tertiary/aromatic N) is 1. The van der Waals surface area contributed by atoms with Crippen molar-refractivity contribution in [3.8, 4) is 11.5 Å². The Hall–Kier alpha value is -1.91. The summed E-state index contributed by atoms with van der Waals surface area (Å²) in [4.78, 5) is 14.4. The van der Waals surface area contributed by atoms with Crippen LogP contribution in [0.25, 0.3) is 0 Å². The molecule has 1 N–H and O–H groups in total. The lowest BCUT2D eigenvalue weighted by Gasteiger charge is -2.32. The van der Waals surface area contributed by atoms with Crippen LogP contribution in [0.15, 0.2) is 12.1 Å². The predicted octanol–water partition coefficient (Wildman–Crippen LogP) is 2.86. The van der Waals surface area contributed by atoms with Crippen molar-refractivity contribution in [2.45, 2.75) is 51.1 Å². The molecule has 124 valence electrons. The smallest absolute Gasteiger partial charge is 0.317 e. The van der Waals surface area contributed by atoms with Gasteiger partial charge in [-0.3, -0.25) is 0 Å². The average Bonchev–Trinajstić information content (AvgIpc) is 2.60. The zero-order valence-corrected chi connectivity index (χ0v) is 13.5. The van der Waals surface area contributed by atoms with E-state index in [2.05, 4.69) is 11.4 Å². The number of carbonyl (C=O) groups is 1. The molecule has 0 radical (unpaired) electrons. The highest BCUT2D eigenvalue weighted by Gasteiger charge is 2.25. The van der Waals surface area contributed by atoms with Crippen LogP contribution in [0.1, 0.15) is 43.2 Å². The normalized spacial score (nSPS) is 20.8. The second kappa shape index (κ2) is 6.30. The quantitative estimate of drug-likeness (QED) is 0.867. The zero-order chi connectivity index (χ0) is 15.6. The molecule has 2 aliphatic heterocycles. The third-order valence-corrected chi connectivity index (χ3v) is 5.10. The van der Waals surface area contributed by atoms with Crippen molar-refractivity contribution in [2.75, 3.05) is 19.8 Å². The summed E-state index contributed by atoms with van der Waals surface area (Å²) in [7, 11) is 0. The summed E-state index contributed by atoms with van der Waals surface area (Å²) in [6.45, 7) is 2.63. The fourth-order valence-corrected chi connectivity index (χ4v) is 3.78. The van der Waals surface area contributed by atoms with E-state index >= 15 is 0 Å². The van der Waals surface area contributed by atoms with Gasteiger partial charge in [-0.2, -0.15) is 0 Å². The molecular formula is C18H24N2O3. The van der Waals surface area contributed by atoms with Crippen LogP contribution in [0.4, 0.5) is 4.79 Å². The predicted molar refractivity (Wildman–Crippen MR) is 87.0 cm³/mol. The van der Waals surface area contributed by atoms with E-state index in [9.17, 15) is 4.79 Å². The van der Waals surface area contributed by atoms with E-state index < -0.39 is 0 Å². The highest BCUT2D eigenvalue weighted by atomic mass is 16.6. The summed E-state index contributed by atoms with van der Waals surface area (Å²) < 4.78 is 11.3. The van der Waals surface area contributed by atoms with Crippen LogP contribution < -0.4 is 14.8 Å². The number of fused-ring (bicyclic) bond motifs is 2. The first kappa shape index (κ1) is 14.7. The molecule has 1 aromatic rings. The minimum Gasteiger partial charge on any atom is -0.486 e. The van der Waals surface area contributed by atoms with Gasteiger partial charge in [-0.1, -0.05) is 19.3 Å². The molecule has 1 aliphatic carbocycles. The van der Waals surface area contributed by atoms with Crippen LogP contribution in [0.2, 0.25) is 0 Å². The first-order valence-electron chi connectivity index (χ1n) is 8.76. The molecule has 5 heteroatoms. The van der Waals surface area contributed by atoms with Crippen molar-refractivity contribution in [3.05, 3.63) is 23.3 Å². The van der Waals surface area contributed by atoms with E-state index in [1.54, 1.807) is 0 Å². The number of nitrogens with one attached hydrogen (secondary N) is 1. The van der Waals surface area contributed by atoms with E-state index in [-0.39, 0.29) is 6.03 Å². The van der Waals surface area contributed by atoms with Crippen LogP contribution in [0.5, 0.6) is 11.5 Å². The van der Waals surface area contributed by atoms with Crippen molar-refractivity contribution >= 4 is 6.03 Å². The minimum atomic E-state index is 0.0810. The molecule has 2 amide bonds. The maximum absolute atomic E-state index is 12.5. The number of ether oxygens (including phenoxy) is 2. The molecule has 23 heavy (non-hydrogen) atoms. The first-order chi connectivity index (χ1) is 11.3. The second-order valence-electron chi connectivity index (χ2n) is 6.72. The number of benzene rings is 1. The third-order valence-electron chi connectivity index (χ3n) is 5.10. The molecule has 0 bridgehead atoms. The standard InChI is InChI=1S/C18H24N2O3/c21-18(19-15-4-2-1-3-5-15)20-7-6-13-10-16-17(11-14(13)12-20)23-9-8-22-16/h10-11,15H,1-9,12H2,(H,19,21). The average molecular weight is 316 g/mol. The van der Waals surface area contributed by atoms with Crippen LogP contribution in [0.3, 0.4) is 0 Å². The Morgan fingerprint density at radius 2 is 1.74 bits per heavy atom. The maximum atomic E-state index is 12.5. The molecule has 1 aromatic carbocycles. The van der Waals surface area contributed by atoms with Gasteiger partial charge >= 0.3 is 6.03 Å². The van der Waals surface area contributed by atoms with Crippen molar-refractivity contribution in [3.63, 3.8) is 0 Å². The van der Waals surface area contributed by atoms with Gasteiger partial charge in [0.1, 0.15) is 13.2 Å². The number of hydrogen-bond donors (Lipinski definition) is 1. The Morgan fingerprint density at radius 1 is 1.04 bits per heavy atom. The van der Waals surface area contributed by atoms with Gasteiger partial charge in [-0.15, -0.1) is 0 Å². The molecule has 0 atom stereocenters.